The second kappa shape index (κ2) is 8.43. The van der Waals surface area contributed by atoms with E-state index in [2.05, 4.69) is 25.1 Å². The second-order valence-corrected chi connectivity index (χ2v) is 7.76. The fourth-order valence-corrected chi connectivity index (χ4v) is 4.15. The zero-order chi connectivity index (χ0) is 19.3. The summed E-state index contributed by atoms with van der Waals surface area (Å²) in [5.74, 6) is 0.907. The fraction of sp³-hybridized carbons (Fsp3) is 0.269. The van der Waals surface area contributed by atoms with E-state index in [0.29, 0.717) is 17.7 Å². The summed E-state index contributed by atoms with van der Waals surface area (Å²) in [6.07, 6.45) is 6.84. The summed E-state index contributed by atoms with van der Waals surface area (Å²) in [6, 6.07) is 24.7. The van der Waals surface area contributed by atoms with Gasteiger partial charge >= 0.3 is 0 Å². The highest BCUT2D eigenvalue weighted by atomic mass is 16.3. The Labute approximate surface area is 167 Å². The van der Waals surface area contributed by atoms with Crippen LogP contribution in [-0.2, 0) is 0 Å². The molecular formula is C26H27NO. The first-order valence-electron chi connectivity index (χ1n) is 10.2. The molecule has 28 heavy (non-hydrogen) atoms. The Balaban J connectivity index is 1.80. The van der Waals surface area contributed by atoms with Crippen LogP contribution in [0.25, 0.3) is 22.3 Å². The Morgan fingerprint density at radius 1 is 0.786 bits per heavy atom. The van der Waals surface area contributed by atoms with Gasteiger partial charge in [0.1, 0.15) is 5.75 Å². The van der Waals surface area contributed by atoms with Crippen LogP contribution < -0.4 is 0 Å². The smallest absolute Gasteiger partial charge is 0.132 e. The normalized spacial score (nSPS) is 19.8. The van der Waals surface area contributed by atoms with E-state index in [9.17, 15) is 5.11 Å². The average molecular weight is 370 g/mol. The lowest BCUT2D eigenvalue weighted by Gasteiger charge is -2.25. The molecule has 2 unspecified atom stereocenters. The Hall–Kier alpha value is -2.87. The summed E-state index contributed by atoms with van der Waals surface area (Å²) in [5, 5.41) is 11.2. The molecule has 0 radical (unpaired) electrons. The van der Waals surface area contributed by atoms with E-state index in [-0.39, 0.29) is 0 Å². The number of hydrogen-bond acceptors (Lipinski definition) is 2. The van der Waals surface area contributed by atoms with Crippen molar-refractivity contribution in [2.24, 2.45) is 10.9 Å². The molecule has 2 nitrogen and oxygen atoms in total. The van der Waals surface area contributed by atoms with Crippen molar-refractivity contribution in [1.82, 2.24) is 0 Å². The van der Waals surface area contributed by atoms with Gasteiger partial charge in [0.05, 0.1) is 6.04 Å². The van der Waals surface area contributed by atoms with Crippen LogP contribution >= 0.6 is 0 Å². The molecule has 0 spiro atoms. The SMILES string of the molecule is CC1CCCCC1N=Cc1c(-c2ccccc2)ccc(-c2ccccc2)c1O. The third kappa shape index (κ3) is 3.87. The molecular weight excluding hydrogens is 342 g/mol. The maximum absolute atomic E-state index is 11.2. The summed E-state index contributed by atoms with van der Waals surface area (Å²) >= 11 is 0. The lowest BCUT2D eigenvalue weighted by Crippen LogP contribution is -2.20. The van der Waals surface area contributed by atoms with Crippen molar-refractivity contribution in [2.45, 2.75) is 38.6 Å². The van der Waals surface area contributed by atoms with Gasteiger partial charge in [-0.25, -0.2) is 0 Å². The monoisotopic (exact) mass is 369 g/mol. The third-order valence-corrected chi connectivity index (χ3v) is 5.85. The van der Waals surface area contributed by atoms with E-state index in [1.807, 2.05) is 60.8 Å². The summed E-state index contributed by atoms with van der Waals surface area (Å²) < 4.78 is 0. The molecule has 0 aromatic heterocycles. The molecule has 0 bridgehead atoms. The van der Waals surface area contributed by atoms with Crippen molar-refractivity contribution in [1.29, 1.82) is 0 Å². The zero-order valence-electron chi connectivity index (χ0n) is 16.4. The molecule has 2 atom stereocenters. The summed E-state index contributed by atoms with van der Waals surface area (Å²) in [5.41, 5.74) is 4.78. The number of phenolic OH excluding ortho intramolecular Hbond substituents is 1. The number of phenols is 1. The van der Waals surface area contributed by atoms with Crippen LogP contribution in [0.15, 0.2) is 77.8 Å². The molecule has 142 valence electrons. The van der Waals surface area contributed by atoms with E-state index in [1.165, 1.54) is 19.3 Å². The Morgan fingerprint density at radius 2 is 1.36 bits per heavy atom. The van der Waals surface area contributed by atoms with Crippen molar-refractivity contribution in [3.05, 3.63) is 78.4 Å². The molecule has 2 heteroatoms. The molecule has 0 amide bonds. The predicted molar refractivity (Wildman–Crippen MR) is 118 cm³/mol. The molecule has 0 aliphatic heterocycles. The minimum atomic E-state index is 0.305. The van der Waals surface area contributed by atoms with Crippen LogP contribution in [-0.4, -0.2) is 17.4 Å². The van der Waals surface area contributed by atoms with Crippen LogP contribution in [0.2, 0.25) is 0 Å². The van der Waals surface area contributed by atoms with Crippen LogP contribution in [0.4, 0.5) is 0 Å². The van der Waals surface area contributed by atoms with Gasteiger partial charge in [-0.15, -0.1) is 0 Å². The number of benzene rings is 3. The van der Waals surface area contributed by atoms with E-state index < -0.39 is 0 Å². The highest BCUT2D eigenvalue weighted by molar-refractivity contribution is 5.97. The lowest BCUT2D eigenvalue weighted by molar-refractivity contribution is 0.333. The Bertz CT molecular complexity index is 947. The van der Waals surface area contributed by atoms with E-state index in [1.54, 1.807) is 0 Å². The topological polar surface area (TPSA) is 32.6 Å². The van der Waals surface area contributed by atoms with Crippen molar-refractivity contribution in [2.75, 3.05) is 0 Å². The van der Waals surface area contributed by atoms with Crippen molar-refractivity contribution < 1.29 is 5.11 Å². The van der Waals surface area contributed by atoms with Gasteiger partial charge in [-0.2, -0.15) is 0 Å². The van der Waals surface area contributed by atoms with Gasteiger partial charge in [-0.1, -0.05) is 86.5 Å². The molecule has 3 aromatic rings. The van der Waals surface area contributed by atoms with Gasteiger partial charge in [0.15, 0.2) is 0 Å². The van der Waals surface area contributed by atoms with Gasteiger partial charge in [-0.05, 0) is 41.5 Å². The first-order chi connectivity index (χ1) is 13.7. The largest absolute Gasteiger partial charge is 0.507 e. The minimum absolute atomic E-state index is 0.305. The number of aliphatic imine (C=N–C) groups is 1. The van der Waals surface area contributed by atoms with Crippen molar-refractivity contribution in [3.8, 4) is 28.0 Å². The summed E-state index contributed by atoms with van der Waals surface area (Å²) in [7, 11) is 0. The second-order valence-electron chi connectivity index (χ2n) is 7.76. The molecule has 0 heterocycles. The molecule has 0 saturated heterocycles. The van der Waals surface area contributed by atoms with Gasteiger partial charge in [-0.3, -0.25) is 4.99 Å². The lowest BCUT2D eigenvalue weighted by atomic mass is 9.86. The summed E-state index contributed by atoms with van der Waals surface area (Å²) in [4.78, 5) is 4.93. The maximum atomic E-state index is 11.2. The van der Waals surface area contributed by atoms with Gasteiger partial charge in [0, 0.05) is 17.3 Å². The number of rotatable bonds is 4. The van der Waals surface area contributed by atoms with E-state index in [0.717, 1.165) is 34.2 Å². The van der Waals surface area contributed by atoms with E-state index in [4.69, 9.17) is 4.99 Å². The number of aromatic hydroxyl groups is 1. The summed E-state index contributed by atoms with van der Waals surface area (Å²) in [6.45, 7) is 2.29. The highest BCUT2D eigenvalue weighted by Crippen LogP contribution is 2.37. The quantitative estimate of drug-likeness (QED) is 0.508. The van der Waals surface area contributed by atoms with E-state index >= 15 is 0 Å². The zero-order valence-corrected chi connectivity index (χ0v) is 16.4. The number of hydrogen-bond donors (Lipinski definition) is 1. The highest BCUT2D eigenvalue weighted by Gasteiger charge is 2.20. The maximum Gasteiger partial charge on any atom is 0.132 e. The molecule has 1 aliphatic carbocycles. The van der Waals surface area contributed by atoms with Crippen molar-refractivity contribution in [3.63, 3.8) is 0 Å². The first kappa shape index (κ1) is 18.5. The molecule has 1 saturated carbocycles. The molecule has 1 aliphatic rings. The number of nitrogens with zero attached hydrogens (tertiary/aromatic N) is 1. The van der Waals surface area contributed by atoms with Crippen LogP contribution in [0, 0.1) is 5.92 Å². The van der Waals surface area contributed by atoms with Crippen LogP contribution in [0.3, 0.4) is 0 Å². The van der Waals surface area contributed by atoms with Crippen LogP contribution in [0.1, 0.15) is 38.2 Å². The fourth-order valence-electron chi connectivity index (χ4n) is 4.15. The molecule has 4 rings (SSSR count). The first-order valence-corrected chi connectivity index (χ1v) is 10.2. The van der Waals surface area contributed by atoms with Crippen molar-refractivity contribution >= 4 is 6.21 Å². The van der Waals surface area contributed by atoms with Crippen LogP contribution in [0.5, 0.6) is 5.75 Å². The van der Waals surface area contributed by atoms with Gasteiger partial charge in [0.25, 0.3) is 0 Å². The minimum Gasteiger partial charge on any atom is -0.507 e. The Kier molecular flexibility index (Phi) is 5.57. The standard InChI is InChI=1S/C26H27NO/c1-19-10-8-9-15-25(19)27-18-24-22(20-11-4-2-5-12-20)16-17-23(26(24)28)21-13-6-3-7-14-21/h2-7,11-14,16-19,25,28H,8-10,15H2,1H3. The predicted octanol–water partition coefficient (Wildman–Crippen LogP) is 6.72. The average Bonchev–Trinajstić information content (AvgIpc) is 2.75. The third-order valence-electron chi connectivity index (χ3n) is 5.85. The van der Waals surface area contributed by atoms with Gasteiger partial charge in [0.2, 0.25) is 0 Å². The molecule has 1 N–H and O–H groups in total. The molecule has 3 aromatic carbocycles. The van der Waals surface area contributed by atoms with Gasteiger partial charge < -0.3 is 5.11 Å². The Morgan fingerprint density at radius 3 is 2.00 bits per heavy atom. The molecule has 1 fully saturated rings.